The van der Waals surface area contributed by atoms with E-state index in [0.717, 1.165) is 11.4 Å². The number of non-ortho nitro benzene ring substituents is 1. The third-order valence-corrected chi connectivity index (χ3v) is 6.19. The number of amides is 2. The Kier molecular flexibility index (Phi) is 4.62. The van der Waals surface area contributed by atoms with Gasteiger partial charge in [-0.1, -0.05) is 36.4 Å². The zero-order valence-corrected chi connectivity index (χ0v) is 16.5. The summed E-state index contributed by atoms with van der Waals surface area (Å²) >= 11 is 0. The standard InChI is InChI=1S/C23H19N3O5/c27-22-20-15-8-9-16(11-15)21(20)23(28)25(22)24-12-17-5-1-2-7-19(17)31-13-14-4-3-6-18(10-14)26(29)30/h1-10,12,15-16,20-21H,11,13H2/t15-,16-,20-,21+/m0/s1. The Hall–Kier alpha value is -3.81. The number of para-hydroxylation sites is 1. The van der Waals surface area contributed by atoms with Crippen LogP contribution in [0, 0.1) is 33.8 Å². The topological polar surface area (TPSA) is 102 Å². The summed E-state index contributed by atoms with van der Waals surface area (Å²) in [6.07, 6.45) is 6.41. The Balaban J connectivity index is 1.32. The average Bonchev–Trinajstić information content (AvgIpc) is 3.46. The van der Waals surface area contributed by atoms with Crippen molar-refractivity contribution in [3.63, 3.8) is 0 Å². The fraction of sp³-hybridized carbons (Fsp3) is 0.261. The first-order valence-corrected chi connectivity index (χ1v) is 10.1. The quantitative estimate of drug-likeness (QED) is 0.236. The summed E-state index contributed by atoms with van der Waals surface area (Å²) in [5.74, 6) is -0.288. The largest absolute Gasteiger partial charge is 0.488 e. The number of imide groups is 1. The number of nitro benzene ring substituents is 1. The highest BCUT2D eigenvalue weighted by molar-refractivity contribution is 6.06. The number of hydrogen-bond donors (Lipinski definition) is 0. The van der Waals surface area contributed by atoms with Crippen molar-refractivity contribution in [2.24, 2.45) is 28.8 Å². The van der Waals surface area contributed by atoms with Crippen LogP contribution in [0.4, 0.5) is 5.69 Å². The normalized spacial score (nSPS) is 26.1. The molecule has 2 bridgehead atoms. The van der Waals surface area contributed by atoms with Gasteiger partial charge in [-0.25, -0.2) is 0 Å². The first-order valence-electron chi connectivity index (χ1n) is 10.1. The number of hydrazone groups is 1. The van der Waals surface area contributed by atoms with Gasteiger partial charge in [-0.3, -0.25) is 19.7 Å². The van der Waals surface area contributed by atoms with Crippen LogP contribution in [0.25, 0.3) is 0 Å². The van der Waals surface area contributed by atoms with Crippen molar-refractivity contribution >= 4 is 23.7 Å². The summed E-state index contributed by atoms with van der Waals surface area (Å²) in [5, 5.41) is 16.1. The second-order valence-corrected chi connectivity index (χ2v) is 7.99. The average molecular weight is 417 g/mol. The molecular weight excluding hydrogens is 398 g/mol. The first-order chi connectivity index (χ1) is 15.0. The second kappa shape index (κ2) is 7.46. The number of fused-ring (bicyclic) bond motifs is 5. The Labute approximate surface area is 178 Å². The molecule has 8 nitrogen and oxygen atoms in total. The lowest BCUT2D eigenvalue weighted by Crippen LogP contribution is -2.28. The molecule has 1 saturated carbocycles. The van der Waals surface area contributed by atoms with Crippen LogP contribution in [0.3, 0.4) is 0 Å². The smallest absolute Gasteiger partial charge is 0.269 e. The first kappa shape index (κ1) is 19.2. The zero-order valence-electron chi connectivity index (χ0n) is 16.5. The molecule has 5 rings (SSSR count). The van der Waals surface area contributed by atoms with Crippen molar-refractivity contribution in [3.05, 3.63) is 81.9 Å². The number of nitrogens with zero attached hydrogens (tertiary/aromatic N) is 3. The molecule has 0 radical (unpaired) electrons. The number of allylic oxidation sites excluding steroid dienone is 2. The van der Waals surface area contributed by atoms with Crippen LogP contribution >= 0.6 is 0 Å². The molecular formula is C23H19N3O5. The van der Waals surface area contributed by atoms with Gasteiger partial charge in [0, 0.05) is 17.7 Å². The molecule has 156 valence electrons. The fourth-order valence-corrected chi connectivity index (χ4v) is 4.76. The van der Waals surface area contributed by atoms with E-state index in [1.807, 2.05) is 12.2 Å². The number of hydrogen-bond acceptors (Lipinski definition) is 6. The van der Waals surface area contributed by atoms with Gasteiger partial charge in [0.05, 0.1) is 23.0 Å². The predicted molar refractivity (Wildman–Crippen MR) is 111 cm³/mol. The molecule has 8 heteroatoms. The van der Waals surface area contributed by atoms with E-state index in [9.17, 15) is 19.7 Å². The van der Waals surface area contributed by atoms with E-state index in [0.29, 0.717) is 16.9 Å². The van der Waals surface area contributed by atoms with Crippen molar-refractivity contribution in [2.45, 2.75) is 13.0 Å². The third-order valence-electron chi connectivity index (χ3n) is 6.19. The number of nitro groups is 1. The third kappa shape index (κ3) is 3.30. The molecule has 31 heavy (non-hydrogen) atoms. The highest BCUT2D eigenvalue weighted by atomic mass is 16.6. The molecule has 2 amide bonds. The molecule has 2 aromatic rings. The Bertz CT molecular complexity index is 1110. The van der Waals surface area contributed by atoms with Crippen LogP contribution < -0.4 is 4.74 Å². The molecule has 0 spiro atoms. The number of rotatable bonds is 6. The van der Waals surface area contributed by atoms with Gasteiger partial charge in [0.1, 0.15) is 12.4 Å². The highest BCUT2D eigenvalue weighted by Gasteiger charge is 2.59. The molecule has 2 fully saturated rings. The summed E-state index contributed by atoms with van der Waals surface area (Å²) in [7, 11) is 0. The van der Waals surface area contributed by atoms with Crippen molar-refractivity contribution < 1.29 is 19.2 Å². The van der Waals surface area contributed by atoms with Gasteiger partial charge in [-0.15, -0.1) is 0 Å². The van der Waals surface area contributed by atoms with Crippen molar-refractivity contribution in [1.82, 2.24) is 5.01 Å². The number of carbonyl (C=O) groups excluding carboxylic acids is 2. The molecule has 1 saturated heterocycles. The Morgan fingerprint density at radius 3 is 2.48 bits per heavy atom. The van der Waals surface area contributed by atoms with E-state index in [4.69, 9.17) is 4.74 Å². The molecule has 0 aromatic heterocycles. The van der Waals surface area contributed by atoms with E-state index in [-0.39, 0.29) is 47.8 Å². The summed E-state index contributed by atoms with van der Waals surface area (Å²) in [6, 6.07) is 13.3. The SMILES string of the molecule is O=C1[C@@H]2[C@H](C(=O)N1N=Cc1ccccc1OCc1cccc([N+](=O)[O-])c1)[C@H]1C=C[C@H]2C1. The maximum absolute atomic E-state index is 12.8. The molecule has 0 unspecified atom stereocenters. The van der Waals surface area contributed by atoms with Crippen LogP contribution in [0.1, 0.15) is 17.5 Å². The number of ether oxygens (including phenoxy) is 1. The summed E-state index contributed by atoms with van der Waals surface area (Å²) in [5.41, 5.74) is 1.25. The lowest BCUT2D eigenvalue weighted by Gasteiger charge is -2.13. The number of carbonyl (C=O) groups is 2. The number of benzene rings is 2. The van der Waals surface area contributed by atoms with Gasteiger partial charge in [0.2, 0.25) is 0 Å². The molecule has 1 aliphatic heterocycles. The predicted octanol–water partition coefficient (Wildman–Crippen LogP) is 3.31. The summed E-state index contributed by atoms with van der Waals surface area (Å²) in [4.78, 5) is 36.0. The highest BCUT2D eigenvalue weighted by Crippen LogP contribution is 2.52. The zero-order chi connectivity index (χ0) is 21.5. The lowest BCUT2D eigenvalue weighted by molar-refractivity contribution is -0.384. The van der Waals surface area contributed by atoms with Gasteiger partial charge in [-0.2, -0.15) is 10.1 Å². The summed E-state index contributed by atoms with van der Waals surface area (Å²) in [6.45, 7) is 0.132. The van der Waals surface area contributed by atoms with Crippen LogP contribution in [0.15, 0.2) is 65.8 Å². The van der Waals surface area contributed by atoms with E-state index in [1.165, 1.54) is 18.3 Å². The molecule has 2 aliphatic carbocycles. The molecule has 1 heterocycles. The van der Waals surface area contributed by atoms with E-state index in [2.05, 4.69) is 5.10 Å². The van der Waals surface area contributed by atoms with Gasteiger partial charge < -0.3 is 4.74 Å². The van der Waals surface area contributed by atoms with Gasteiger partial charge >= 0.3 is 0 Å². The molecule has 4 atom stereocenters. The second-order valence-electron chi connectivity index (χ2n) is 7.99. The van der Waals surface area contributed by atoms with Crippen molar-refractivity contribution in [3.8, 4) is 5.75 Å². The summed E-state index contributed by atoms with van der Waals surface area (Å²) < 4.78 is 5.83. The van der Waals surface area contributed by atoms with Gasteiger partial charge in [-0.05, 0) is 36.0 Å². The maximum Gasteiger partial charge on any atom is 0.269 e. The Morgan fingerprint density at radius 2 is 1.77 bits per heavy atom. The van der Waals surface area contributed by atoms with E-state index < -0.39 is 4.92 Å². The minimum absolute atomic E-state index is 0.00369. The van der Waals surface area contributed by atoms with Gasteiger partial charge in [0.15, 0.2) is 0 Å². The molecule has 0 N–H and O–H groups in total. The van der Waals surface area contributed by atoms with Crippen LogP contribution in [-0.2, 0) is 16.2 Å². The van der Waals surface area contributed by atoms with Crippen LogP contribution in [0.2, 0.25) is 0 Å². The van der Waals surface area contributed by atoms with Crippen molar-refractivity contribution in [2.75, 3.05) is 0 Å². The van der Waals surface area contributed by atoms with Gasteiger partial charge in [0.25, 0.3) is 17.5 Å². The minimum Gasteiger partial charge on any atom is -0.488 e. The van der Waals surface area contributed by atoms with E-state index >= 15 is 0 Å². The molecule has 2 aromatic carbocycles. The Morgan fingerprint density at radius 1 is 1.06 bits per heavy atom. The maximum atomic E-state index is 12.8. The molecule has 3 aliphatic rings. The van der Waals surface area contributed by atoms with Crippen LogP contribution in [0.5, 0.6) is 5.75 Å². The van der Waals surface area contributed by atoms with Crippen LogP contribution in [-0.4, -0.2) is 28.0 Å². The lowest BCUT2D eigenvalue weighted by atomic mass is 9.85. The van der Waals surface area contributed by atoms with Crippen molar-refractivity contribution in [1.29, 1.82) is 0 Å². The fourth-order valence-electron chi connectivity index (χ4n) is 4.76. The minimum atomic E-state index is -0.453. The monoisotopic (exact) mass is 417 g/mol. The van der Waals surface area contributed by atoms with E-state index in [1.54, 1.807) is 36.4 Å².